The van der Waals surface area contributed by atoms with Gasteiger partial charge in [-0.1, -0.05) is 0 Å². The number of nitrogen functional groups attached to an aromatic ring is 1. The van der Waals surface area contributed by atoms with Gasteiger partial charge in [0.15, 0.2) is 0 Å². The third-order valence-electron chi connectivity index (χ3n) is 5.47. The van der Waals surface area contributed by atoms with Gasteiger partial charge in [0, 0.05) is 0 Å². The summed E-state index contributed by atoms with van der Waals surface area (Å²) >= 11 is 1.35. The van der Waals surface area contributed by atoms with Crippen LogP contribution in [0.1, 0.15) is 0 Å². The van der Waals surface area contributed by atoms with Gasteiger partial charge in [-0.05, 0) is 0 Å². The van der Waals surface area contributed by atoms with Gasteiger partial charge in [-0.2, -0.15) is 0 Å². The van der Waals surface area contributed by atoms with Gasteiger partial charge in [-0.3, -0.25) is 10.1 Å². The molecule has 178 valence electrons. The van der Waals surface area contributed by atoms with Gasteiger partial charge in [-0.25, -0.2) is 0 Å². The molecule has 14 nitrogen and oxygen atoms in total. The molecule has 5 N–H and O–H groups in total. The number of ether oxygens (including phenoxy) is 2. The van der Waals surface area contributed by atoms with Crippen LogP contribution in [0.3, 0.4) is 0 Å². The van der Waals surface area contributed by atoms with E-state index in [1.165, 1.54) is 37.3 Å². The van der Waals surface area contributed by atoms with Gasteiger partial charge in [-0.15, -0.1) is 0 Å². The van der Waals surface area contributed by atoms with E-state index in [0.717, 1.165) is 4.90 Å². The number of anilines is 3. The second kappa shape index (κ2) is 8.45. The Morgan fingerprint density at radius 3 is 2.82 bits per heavy atom. The average Bonchev–Trinajstić information content (AvgIpc) is 3.31. The van der Waals surface area contributed by atoms with Crippen molar-refractivity contribution < 1.29 is 33.2 Å². The van der Waals surface area contributed by atoms with Gasteiger partial charge in [0.05, 0.1) is 0 Å². The summed E-state index contributed by atoms with van der Waals surface area (Å²) in [6, 6.07) is 6.11. The first kappa shape index (κ1) is 22.4. The number of nitro groups is 1. The molecule has 2 aromatic rings. The van der Waals surface area contributed by atoms with Crippen LogP contribution in [0.4, 0.5) is 23.0 Å². The van der Waals surface area contributed by atoms with Crippen molar-refractivity contribution in [1.82, 2.24) is 9.97 Å². The molecule has 1 aromatic heterocycles. The number of hydrogen-bond donors (Lipinski definition) is 4. The van der Waals surface area contributed by atoms with E-state index in [2.05, 4.69) is 15.3 Å². The molecule has 4 heterocycles. The first-order chi connectivity index (χ1) is 15.8. The zero-order chi connectivity index (χ0) is 23.3. The van der Waals surface area contributed by atoms with E-state index >= 15 is 0 Å². The maximum absolute atomic E-state index is 11.0. The van der Waals surface area contributed by atoms with E-state index in [-0.39, 0.29) is 18.1 Å². The number of nitrogens with one attached hydrogen (secondary N) is 1. The van der Waals surface area contributed by atoms with Crippen LogP contribution >= 0.6 is 19.9 Å². The van der Waals surface area contributed by atoms with Crippen molar-refractivity contribution in [3.05, 3.63) is 40.7 Å². The minimum atomic E-state index is -4.28. The number of nitrogens with two attached hydrogens (primary N) is 1. The summed E-state index contributed by atoms with van der Waals surface area (Å²) in [5.41, 5.74) is 6.03. The van der Waals surface area contributed by atoms with Crippen LogP contribution in [0, 0.1) is 10.1 Å². The van der Waals surface area contributed by atoms with Gasteiger partial charge in [0.2, 0.25) is 0 Å². The molecule has 0 aliphatic carbocycles. The van der Waals surface area contributed by atoms with Crippen LogP contribution < -0.4 is 16.0 Å². The summed E-state index contributed by atoms with van der Waals surface area (Å²) in [6.45, 7) is -0.0690. The number of methoxy groups -OCH3 is 1. The topological polar surface area (TPSA) is 188 Å². The molecule has 16 heteroatoms. The van der Waals surface area contributed by atoms with Crippen molar-refractivity contribution in [2.75, 3.05) is 29.7 Å². The molecule has 0 amide bonds. The molecule has 0 saturated carbocycles. The van der Waals surface area contributed by atoms with E-state index < -0.39 is 43.1 Å². The third kappa shape index (κ3) is 4.06. The number of rotatable bonds is 5. The number of hydrogen-bond acceptors (Lipinski definition) is 14. The number of non-ortho nitro benzene ring substituents is 1. The summed E-state index contributed by atoms with van der Waals surface area (Å²) in [7, 11) is -2.81. The predicted molar refractivity (Wildman–Crippen MR) is 118 cm³/mol. The second-order valence-electron chi connectivity index (χ2n) is 7.44. The van der Waals surface area contributed by atoms with E-state index in [1.54, 1.807) is 17.0 Å². The molecule has 5 rings (SSSR count). The quantitative estimate of drug-likeness (QED) is 0.257. The van der Waals surface area contributed by atoms with Gasteiger partial charge in [0.25, 0.3) is 0 Å². The normalized spacial score (nSPS) is 30.9. The van der Waals surface area contributed by atoms with Crippen LogP contribution in [-0.2, 0) is 18.5 Å². The maximum atomic E-state index is 11.0. The zero-order valence-corrected chi connectivity index (χ0v) is 18.9. The molecule has 2 saturated heterocycles. The molecule has 5 atom stereocenters. The minimum absolute atomic E-state index is 0.0190. The SMILES string of the molecule is COC1C(N2c3ncnc(N)c3NC2Sc2ccc([N+](=O)[O-])cc2)OC2CO[PH](O)(O)O[C@H]21. The summed E-state index contributed by atoms with van der Waals surface area (Å²) in [6.07, 6.45) is -1.52. The summed E-state index contributed by atoms with van der Waals surface area (Å²) in [5, 5.41) is 14.2. The van der Waals surface area contributed by atoms with Crippen molar-refractivity contribution in [2.24, 2.45) is 0 Å². The van der Waals surface area contributed by atoms with Crippen LogP contribution in [0.5, 0.6) is 0 Å². The Balaban J connectivity index is 1.47. The molecule has 0 radical (unpaired) electrons. The third-order valence-corrected chi connectivity index (χ3v) is 7.71. The Labute approximate surface area is 191 Å². The first-order valence-corrected chi connectivity index (χ1v) is 12.4. The van der Waals surface area contributed by atoms with Crippen molar-refractivity contribution in [3.8, 4) is 0 Å². The van der Waals surface area contributed by atoms with E-state index in [4.69, 9.17) is 24.3 Å². The molecule has 0 bridgehead atoms. The Morgan fingerprint density at radius 2 is 2.12 bits per heavy atom. The summed E-state index contributed by atoms with van der Waals surface area (Å²) in [5.74, 6) is 0.697. The van der Waals surface area contributed by atoms with Crippen LogP contribution in [0.25, 0.3) is 0 Å². The first-order valence-electron chi connectivity index (χ1n) is 9.78. The molecule has 3 aliphatic heterocycles. The fourth-order valence-corrected chi connectivity index (χ4v) is 6.16. The number of aromatic nitrogens is 2. The average molecular weight is 500 g/mol. The van der Waals surface area contributed by atoms with Crippen molar-refractivity contribution in [1.29, 1.82) is 0 Å². The van der Waals surface area contributed by atoms with Gasteiger partial charge >= 0.3 is 181 Å². The predicted octanol–water partition coefficient (Wildman–Crippen LogP) is 0.825. The van der Waals surface area contributed by atoms with Crippen molar-refractivity contribution in [2.45, 2.75) is 34.9 Å². The molecule has 3 aliphatic rings. The zero-order valence-electron chi connectivity index (χ0n) is 17.1. The number of nitrogens with zero attached hydrogens (tertiary/aromatic N) is 4. The van der Waals surface area contributed by atoms with E-state index in [1.807, 2.05) is 0 Å². The van der Waals surface area contributed by atoms with Gasteiger partial charge in [0.1, 0.15) is 0 Å². The summed E-state index contributed by atoms with van der Waals surface area (Å²) < 4.78 is 22.2. The van der Waals surface area contributed by atoms with Crippen LogP contribution in [0.15, 0.2) is 35.5 Å². The number of fused-ring (bicyclic) bond motifs is 2. The molecular formula is C17H21N6O8PS. The second-order valence-corrected chi connectivity index (χ2v) is 10.2. The van der Waals surface area contributed by atoms with Crippen LogP contribution in [0.2, 0.25) is 0 Å². The van der Waals surface area contributed by atoms with E-state index in [0.29, 0.717) is 11.5 Å². The molecule has 4 unspecified atom stereocenters. The molecule has 1 aromatic carbocycles. The fraction of sp³-hybridized carbons (Fsp3) is 0.412. The Kier molecular flexibility index (Phi) is 5.74. The van der Waals surface area contributed by atoms with Gasteiger partial charge < -0.3 is 0 Å². The van der Waals surface area contributed by atoms with E-state index in [9.17, 15) is 19.9 Å². The van der Waals surface area contributed by atoms with Crippen molar-refractivity contribution in [3.63, 3.8) is 0 Å². The fourth-order valence-electron chi connectivity index (χ4n) is 4.00. The Hall–Kier alpha value is -2.36. The number of nitro benzene ring substituents is 1. The van der Waals surface area contributed by atoms with Crippen LogP contribution in [-0.4, -0.2) is 68.4 Å². The Morgan fingerprint density at radius 1 is 1.36 bits per heavy atom. The summed E-state index contributed by atoms with van der Waals surface area (Å²) in [4.78, 5) is 41.3. The Bertz CT molecular complexity index is 1060. The molecular weight excluding hydrogens is 479 g/mol. The van der Waals surface area contributed by atoms with Crippen molar-refractivity contribution >= 4 is 42.9 Å². The molecule has 33 heavy (non-hydrogen) atoms. The molecule has 0 spiro atoms. The molecule has 2 fully saturated rings. The number of benzene rings is 1. The number of thioether (sulfide) groups is 1. The monoisotopic (exact) mass is 500 g/mol. The standard InChI is InChI=1S/C17H21N6O8PS/c1-28-13-12-10(6-29-32(26,27)31-12)30-16(13)22-15-11(14(18)19-7-20-15)21-17(22)33-9-4-2-8(3-5-9)23(24)25/h2-5,7,10,12-13,16-17,21,26-27,32H,6H2,1H3,(H2,18,19,20)/t10?,12-,13?,16?,17?/m1/s1.